The Kier molecular flexibility index (Phi) is 14.0. The van der Waals surface area contributed by atoms with Crippen LogP contribution in [0.3, 0.4) is 0 Å². The van der Waals surface area contributed by atoms with Crippen molar-refractivity contribution in [2.75, 3.05) is 0 Å². The molecule has 1 N–H and O–H groups in total. The molecule has 0 fully saturated rings. The van der Waals surface area contributed by atoms with Crippen molar-refractivity contribution < 1.29 is 0 Å². The fraction of sp³-hybridized carbons (Fsp3) is 0.833. The summed E-state index contributed by atoms with van der Waals surface area (Å²) in [4.78, 5) is 0. The maximum Gasteiger partial charge on any atom is -0.00477 e. The molecular weight excluding hydrogens is 166 g/mol. The lowest BCUT2D eigenvalue weighted by Crippen LogP contribution is -1.73. The number of rotatable bonds is 4. The van der Waals surface area contributed by atoms with Crippen LogP contribution in [0.4, 0.5) is 0 Å². The summed E-state index contributed by atoms with van der Waals surface area (Å²) < 4.78 is 0. The van der Waals surface area contributed by atoms with Gasteiger partial charge in [-0.25, -0.2) is 0 Å². The van der Waals surface area contributed by atoms with Crippen molar-refractivity contribution in [2.45, 2.75) is 32.6 Å². The van der Waals surface area contributed by atoms with Crippen molar-refractivity contribution in [1.29, 1.82) is 5.41 Å². The molecule has 0 aromatic rings. The smallest absolute Gasteiger partial charge is 0.00477 e. The van der Waals surface area contributed by atoms with Crippen LogP contribution in [0.5, 0.6) is 0 Å². The van der Waals surface area contributed by atoms with Gasteiger partial charge in [-0.05, 0) is 19.1 Å². The van der Waals surface area contributed by atoms with Crippen LogP contribution in [0.15, 0.2) is 0 Å². The molecule has 0 saturated heterocycles. The molecule has 0 bridgehead atoms. The van der Waals surface area contributed by atoms with Crippen molar-refractivity contribution in [3.8, 4) is 0 Å². The second-order valence-electron chi connectivity index (χ2n) is 1.70. The molecule has 0 aromatic heterocycles. The van der Waals surface area contributed by atoms with Crippen molar-refractivity contribution in [2.24, 2.45) is 0 Å². The van der Waals surface area contributed by atoms with Gasteiger partial charge < -0.3 is 5.41 Å². The molecule has 0 rings (SSSR count). The third kappa shape index (κ3) is 9.47. The van der Waals surface area contributed by atoms with Gasteiger partial charge in [0.05, 0.1) is 0 Å². The van der Waals surface area contributed by atoms with Crippen molar-refractivity contribution in [1.82, 2.24) is 0 Å². The predicted octanol–water partition coefficient (Wildman–Crippen LogP) is 2.79. The van der Waals surface area contributed by atoms with Crippen LogP contribution in [-0.4, -0.2) is 6.21 Å². The summed E-state index contributed by atoms with van der Waals surface area (Å²) in [5.41, 5.74) is 0. The average Bonchev–Trinajstić information content (AvgIpc) is 1.69. The average molecular weight is 180 g/mol. The molecular formula is C6H14BrN. The molecule has 0 aliphatic carbocycles. The zero-order chi connectivity index (χ0) is 5.54. The standard InChI is InChI=1S/C6H13N.BrH/c1-2-3-4-5-6-7;/h6-7H,2-5H2,1H3;1H. The summed E-state index contributed by atoms with van der Waals surface area (Å²) in [7, 11) is 0. The normalized spacial score (nSPS) is 7.62. The summed E-state index contributed by atoms with van der Waals surface area (Å²) >= 11 is 0. The largest absolute Gasteiger partial charge is 0.313 e. The first-order valence-electron chi connectivity index (χ1n) is 2.90. The second-order valence-corrected chi connectivity index (χ2v) is 1.70. The lowest BCUT2D eigenvalue weighted by molar-refractivity contribution is 0.745. The molecule has 0 unspecified atom stereocenters. The first-order valence-corrected chi connectivity index (χ1v) is 2.90. The van der Waals surface area contributed by atoms with E-state index < -0.39 is 0 Å². The van der Waals surface area contributed by atoms with E-state index in [1.807, 2.05) is 0 Å². The molecule has 0 aromatic carbocycles. The van der Waals surface area contributed by atoms with Crippen molar-refractivity contribution in [3.63, 3.8) is 0 Å². The molecule has 0 saturated carbocycles. The molecule has 0 aliphatic heterocycles. The van der Waals surface area contributed by atoms with E-state index in [4.69, 9.17) is 5.41 Å². The number of nitrogens with one attached hydrogen (secondary N) is 1. The predicted molar refractivity (Wildman–Crippen MR) is 43.2 cm³/mol. The highest BCUT2D eigenvalue weighted by molar-refractivity contribution is 8.93. The van der Waals surface area contributed by atoms with Gasteiger partial charge in [-0.2, -0.15) is 0 Å². The van der Waals surface area contributed by atoms with Gasteiger partial charge in [0.1, 0.15) is 0 Å². The van der Waals surface area contributed by atoms with E-state index in [0.29, 0.717) is 0 Å². The highest BCUT2D eigenvalue weighted by Gasteiger charge is 1.78. The minimum atomic E-state index is 0. The molecule has 50 valence electrons. The van der Waals surface area contributed by atoms with E-state index in [1.54, 1.807) is 0 Å². The van der Waals surface area contributed by atoms with Crippen LogP contribution in [-0.2, 0) is 0 Å². The number of halogens is 1. The van der Waals surface area contributed by atoms with Gasteiger partial charge in [-0.15, -0.1) is 17.0 Å². The lowest BCUT2D eigenvalue weighted by Gasteiger charge is -1.87. The fourth-order valence-corrected chi connectivity index (χ4v) is 0.496. The van der Waals surface area contributed by atoms with Crippen LogP contribution >= 0.6 is 17.0 Å². The molecule has 0 heterocycles. The van der Waals surface area contributed by atoms with Crippen LogP contribution in [0, 0.1) is 5.41 Å². The molecule has 0 radical (unpaired) electrons. The molecule has 2 heteroatoms. The second kappa shape index (κ2) is 10.2. The Labute approximate surface area is 61.8 Å². The number of unbranched alkanes of at least 4 members (excludes halogenated alkanes) is 3. The van der Waals surface area contributed by atoms with Gasteiger partial charge in [0.25, 0.3) is 0 Å². The Morgan fingerprint density at radius 3 is 2.38 bits per heavy atom. The van der Waals surface area contributed by atoms with Gasteiger partial charge in [0, 0.05) is 0 Å². The first-order chi connectivity index (χ1) is 3.41. The highest BCUT2D eigenvalue weighted by Crippen LogP contribution is 1.94. The summed E-state index contributed by atoms with van der Waals surface area (Å²) in [6.07, 6.45) is 6.17. The maximum atomic E-state index is 6.66. The minimum absolute atomic E-state index is 0. The van der Waals surface area contributed by atoms with Gasteiger partial charge in [0.2, 0.25) is 0 Å². The van der Waals surface area contributed by atoms with Gasteiger partial charge in [0.15, 0.2) is 0 Å². The molecule has 0 amide bonds. The Morgan fingerprint density at radius 1 is 1.38 bits per heavy atom. The zero-order valence-corrected chi connectivity index (χ0v) is 7.03. The number of hydrogen-bond acceptors (Lipinski definition) is 1. The van der Waals surface area contributed by atoms with E-state index in [-0.39, 0.29) is 17.0 Å². The molecule has 0 atom stereocenters. The quantitative estimate of drug-likeness (QED) is 0.508. The summed E-state index contributed by atoms with van der Waals surface area (Å²) in [5, 5.41) is 6.66. The molecule has 1 nitrogen and oxygen atoms in total. The third-order valence-electron chi connectivity index (χ3n) is 0.952. The SMILES string of the molecule is Br.CCCCCC=N. The molecule has 0 spiro atoms. The van der Waals surface area contributed by atoms with Crippen molar-refractivity contribution >= 4 is 23.2 Å². The van der Waals surface area contributed by atoms with E-state index in [0.717, 1.165) is 6.42 Å². The molecule has 0 aliphatic rings. The summed E-state index contributed by atoms with van der Waals surface area (Å²) in [6.45, 7) is 2.17. The van der Waals surface area contributed by atoms with Gasteiger partial charge >= 0.3 is 0 Å². The monoisotopic (exact) mass is 179 g/mol. The topological polar surface area (TPSA) is 23.9 Å². The Bertz CT molecular complexity index is 45.8. The lowest BCUT2D eigenvalue weighted by atomic mass is 10.2. The zero-order valence-electron chi connectivity index (χ0n) is 5.31. The molecule has 8 heavy (non-hydrogen) atoms. The number of hydrogen-bond donors (Lipinski definition) is 1. The van der Waals surface area contributed by atoms with E-state index in [9.17, 15) is 0 Å². The van der Waals surface area contributed by atoms with E-state index in [1.165, 1.54) is 25.5 Å². The van der Waals surface area contributed by atoms with E-state index >= 15 is 0 Å². The minimum Gasteiger partial charge on any atom is -0.313 e. The fourth-order valence-electron chi connectivity index (χ4n) is 0.496. The van der Waals surface area contributed by atoms with Crippen LogP contribution in [0.25, 0.3) is 0 Å². The van der Waals surface area contributed by atoms with E-state index in [2.05, 4.69) is 6.92 Å². The Balaban J connectivity index is 0. The highest BCUT2D eigenvalue weighted by atomic mass is 79.9. The van der Waals surface area contributed by atoms with Crippen LogP contribution in [0.1, 0.15) is 32.6 Å². The Hall–Kier alpha value is 0.150. The first kappa shape index (κ1) is 11.0. The van der Waals surface area contributed by atoms with Gasteiger partial charge in [-0.1, -0.05) is 19.8 Å². The van der Waals surface area contributed by atoms with Crippen LogP contribution < -0.4 is 0 Å². The Morgan fingerprint density at radius 2 is 2.00 bits per heavy atom. The summed E-state index contributed by atoms with van der Waals surface area (Å²) in [5.74, 6) is 0. The van der Waals surface area contributed by atoms with Crippen molar-refractivity contribution in [3.05, 3.63) is 0 Å². The van der Waals surface area contributed by atoms with Gasteiger partial charge in [-0.3, -0.25) is 0 Å². The van der Waals surface area contributed by atoms with Crippen LogP contribution in [0.2, 0.25) is 0 Å². The summed E-state index contributed by atoms with van der Waals surface area (Å²) in [6, 6.07) is 0. The third-order valence-corrected chi connectivity index (χ3v) is 0.952. The maximum absolute atomic E-state index is 6.66.